The summed E-state index contributed by atoms with van der Waals surface area (Å²) in [5.41, 5.74) is 1.39. The molecule has 0 saturated carbocycles. The summed E-state index contributed by atoms with van der Waals surface area (Å²) in [5.74, 6) is -2.10. The number of H-pyrrole nitrogens is 1. The van der Waals surface area contributed by atoms with E-state index in [9.17, 15) is 26.8 Å². The minimum absolute atomic E-state index is 0.0152. The number of aromatic nitrogens is 1. The number of sulfonamides is 1. The number of aryl methyl sites for hydroxylation is 1. The summed E-state index contributed by atoms with van der Waals surface area (Å²) in [6.45, 7) is 3.50. The quantitative estimate of drug-likeness (QED) is 0.722. The van der Waals surface area contributed by atoms with E-state index in [0.717, 1.165) is 22.0 Å². The first kappa shape index (κ1) is 23.6. The van der Waals surface area contributed by atoms with E-state index in [1.807, 2.05) is 6.07 Å². The molecule has 1 aromatic heterocycles. The van der Waals surface area contributed by atoms with Crippen LogP contribution in [0.3, 0.4) is 0 Å². The van der Waals surface area contributed by atoms with Crippen LogP contribution in [0, 0.1) is 36.8 Å². The minimum atomic E-state index is -4.23. The van der Waals surface area contributed by atoms with Gasteiger partial charge < -0.3 is 9.88 Å². The summed E-state index contributed by atoms with van der Waals surface area (Å²) in [7, 11) is -4.23. The predicted molar refractivity (Wildman–Crippen MR) is 111 cm³/mol. The Morgan fingerprint density at radius 2 is 1.84 bits per heavy atom. The molecule has 1 N–H and O–H groups in total. The molecule has 32 heavy (non-hydrogen) atoms. The summed E-state index contributed by atoms with van der Waals surface area (Å²) in [6.07, 6.45) is 0.429. The number of pyridine rings is 1. The lowest BCUT2D eigenvalue weighted by atomic mass is 9.99. The maximum absolute atomic E-state index is 14.0. The highest BCUT2D eigenvalue weighted by Gasteiger charge is 2.32. The number of aromatic amines is 1. The van der Waals surface area contributed by atoms with E-state index >= 15 is 0 Å². The van der Waals surface area contributed by atoms with Crippen molar-refractivity contribution in [2.45, 2.75) is 31.6 Å². The molecule has 0 spiro atoms. The van der Waals surface area contributed by atoms with E-state index in [1.54, 1.807) is 13.8 Å². The zero-order valence-corrected chi connectivity index (χ0v) is 18.4. The molecule has 1 fully saturated rings. The Balaban J connectivity index is 1.65. The SMILES string of the molecule is Cc1[nH]c(=O)c(C#N)c(C)c1CCC(=O)N1CCN(S(=O)(=O)c2cc(F)ccc2F)CC1. The molecule has 170 valence electrons. The molecular weight excluding hydrogens is 442 g/mol. The van der Waals surface area contributed by atoms with Crippen LogP contribution in [-0.4, -0.2) is 54.7 Å². The standard InChI is InChI=1S/C21H22F2N4O4S/c1-13-16(14(2)25-21(29)17(13)12-24)4-6-20(28)26-7-9-27(10-8-26)32(30,31)19-11-15(22)3-5-18(19)23/h3,5,11H,4,6-10H2,1-2H3,(H,25,29). The maximum Gasteiger partial charge on any atom is 0.266 e. The second-order valence-electron chi connectivity index (χ2n) is 7.53. The van der Waals surface area contributed by atoms with E-state index in [4.69, 9.17) is 5.26 Å². The number of carbonyl (C=O) groups excluding carboxylic acids is 1. The summed E-state index contributed by atoms with van der Waals surface area (Å²) >= 11 is 0. The third kappa shape index (κ3) is 4.56. The molecule has 2 aromatic rings. The Labute approximate surface area is 184 Å². The van der Waals surface area contributed by atoms with Crippen molar-refractivity contribution in [3.8, 4) is 6.07 Å². The van der Waals surface area contributed by atoms with Crippen LogP contribution in [0.1, 0.15) is 28.8 Å². The average molecular weight is 464 g/mol. The summed E-state index contributed by atoms with van der Waals surface area (Å²) in [6, 6.07) is 4.12. The van der Waals surface area contributed by atoms with Crippen LogP contribution in [0.25, 0.3) is 0 Å². The van der Waals surface area contributed by atoms with Crippen molar-refractivity contribution >= 4 is 15.9 Å². The molecule has 0 radical (unpaired) electrons. The Hall–Kier alpha value is -3.10. The van der Waals surface area contributed by atoms with Crippen LogP contribution in [-0.2, 0) is 21.2 Å². The van der Waals surface area contributed by atoms with Gasteiger partial charge in [-0.15, -0.1) is 0 Å². The van der Waals surface area contributed by atoms with Crippen molar-refractivity contribution in [3.63, 3.8) is 0 Å². The zero-order valence-electron chi connectivity index (χ0n) is 17.6. The monoisotopic (exact) mass is 464 g/mol. The molecule has 2 heterocycles. The molecule has 0 atom stereocenters. The molecule has 1 aliphatic rings. The van der Waals surface area contributed by atoms with Crippen molar-refractivity contribution in [2.75, 3.05) is 26.2 Å². The lowest BCUT2D eigenvalue weighted by Gasteiger charge is -2.34. The number of nitrogens with one attached hydrogen (secondary N) is 1. The van der Waals surface area contributed by atoms with Gasteiger partial charge in [0, 0.05) is 38.3 Å². The fraction of sp³-hybridized carbons (Fsp3) is 0.381. The van der Waals surface area contributed by atoms with Crippen molar-refractivity contribution in [1.29, 1.82) is 5.26 Å². The fourth-order valence-electron chi connectivity index (χ4n) is 3.80. The molecule has 1 saturated heterocycles. The Kier molecular flexibility index (Phi) is 6.76. The highest BCUT2D eigenvalue weighted by molar-refractivity contribution is 7.89. The third-order valence-electron chi connectivity index (χ3n) is 5.61. The van der Waals surface area contributed by atoms with Crippen LogP contribution < -0.4 is 5.56 Å². The van der Waals surface area contributed by atoms with Gasteiger partial charge in [0.05, 0.1) is 0 Å². The van der Waals surface area contributed by atoms with Crippen LogP contribution in [0.15, 0.2) is 27.9 Å². The highest BCUT2D eigenvalue weighted by Crippen LogP contribution is 2.22. The van der Waals surface area contributed by atoms with Crippen LogP contribution in [0.2, 0.25) is 0 Å². The van der Waals surface area contributed by atoms with Crippen LogP contribution in [0.4, 0.5) is 8.78 Å². The first-order chi connectivity index (χ1) is 15.1. The second-order valence-corrected chi connectivity index (χ2v) is 9.44. The number of hydrogen-bond acceptors (Lipinski definition) is 5. The van der Waals surface area contributed by atoms with Crippen molar-refractivity contribution in [1.82, 2.24) is 14.2 Å². The number of benzene rings is 1. The fourth-order valence-corrected chi connectivity index (χ4v) is 5.30. The summed E-state index contributed by atoms with van der Waals surface area (Å²) in [4.78, 5) is 27.9. The lowest BCUT2D eigenvalue weighted by Crippen LogP contribution is -2.50. The molecule has 8 nitrogen and oxygen atoms in total. The van der Waals surface area contributed by atoms with Gasteiger partial charge >= 0.3 is 0 Å². The predicted octanol–water partition coefficient (Wildman–Crippen LogP) is 1.61. The van der Waals surface area contributed by atoms with Crippen LogP contribution >= 0.6 is 0 Å². The van der Waals surface area contributed by atoms with E-state index in [-0.39, 0.29) is 44.1 Å². The number of carbonyl (C=O) groups is 1. The highest BCUT2D eigenvalue weighted by atomic mass is 32.2. The number of hydrogen-bond donors (Lipinski definition) is 1. The molecule has 0 unspecified atom stereocenters. The van der Waals surface area contributed by atoms with Gasteiger partial charge in [-0.3, -0.25) is 9.59 Å². The van der Waals surface area contributed by atoms with E-state index in [2.05, 4.69) is 4.98 Å². The molecule has 0 aliphatic carbocycles. The van der Waals surface area contributed by atoms with E-state index in [0.29, 0.717) is 23.7 Å². The van der Waals surface area contributed by atoms with Crippen molar-refractivity contribution < 1.29 is 22.0 Å². The minimum Gasteiger partial charge on any atom is -0.340 e. The van der Waals surface area contributed by atoms with Gasteiger partial charge in [0.25, 0.3) is 5.56 Å². The number of amides is 1. The van der Waals surface area contributed by atoms with Gasteiger partial charge in [0.15, 0.2) is 0 Å². The first-order valence-corrected chi connectivity index (χ1v) is 11.4. The molecule has 1 aromatic carbocycles. The molecular formula is C21H22F2N4O4S. The van der Waals surface area contributed by atoms with Gasteiger partial charge in [-0.1, -0.05) is 0 Å². The lowest BCUT2D eigenvalue weighted by molar-refractivity contribution is -0.132. The topological polar surface area (TPSA) is 114 Å². The summed E-state index contributed by atoms with van der Waals surface area (Å²) < 4.78 is 53.7. The smallest absolute Gasteiger partial charge is 0.266 e. The molecule has 3 rings (SSSR count). The average Bonchev–Trinajstić information content (AvgIpc) is 2.75. The first-order valence-electron chi connectivity index (χ1n) is 9.91. The van der Waals surface area contributed by atoms with Crippen LogP contribution in [0.5, 0.6) is 0 Å². The van der Waals surface area contributed by atoms with Gasteiger partial charge in [0.1, 0.15) is 28.2 Å². The van der Waals surface area contributed by atoms with Gasteiger partial charge in [-0.25, -0.2) is 17.2 Å². The van der Waals surface area contributed by atoms with Crippen molar-refractivity contribution in [2.24, 2.45) is 0 Å². The molecule has 0 bridgehead atoms. The second kappa shape index (κ2) is 9.18. The number of halogens is 2. The third-order valence-corrected chi connectivity index (χ3v) is 7.53. The number of piperazine rings is 1. The Morgan fingerprint density at radius 1 is 1.19 bits per heavy atom. The molecule has 11 heteroatoms. The summed E-state index contributed by atoms with van der Waals surface area (Å²) in [5, 5.41) is 9.16. The van der Waals surface area contributed by atoms with Crippen molar-refractivity contribution in [3.05, 3.63) is 62.6 Å². The largest absolute Gasteiger partial charge is 0.340 e. The zero-order chi connectivity index (χ0) is 23.6. The van der Waals surface area contributed by atoms with E-state index < -0.39 is 32.1 Å². The van der Waals surface area contributed by atoms with Gasteiger partial charge in [-0.05, 0) is 49.6 Å². The number of rotatable bonds is 5. The normalized spacial score (nSPS) is 14.9. The molecule has 1 amide bonds. The number of nitrogens with zero attached hydrogens (tertiary/aromatic N) is 3. The van der Waals surface area contributed by atoms with Gasteiger partial charge in [-0.2, -0.15) is 9.57 Å². The Morgan fingerprint density at radius 3 is 2.47 bits per heavy atom. The Bertz CT molecular complexity index is 1260. The molecule has 1 aliphatic heterocycles. The van der Waals surface area contributed by atoms with E-state index in [1.165, 1.54) is 4.90 Å². The number of nitriles is 1. The maximum atomic E-state index is 14.0. The van der Waals surface area contributed by atoms with Gasteiger partial charge in [0.2, 0.25) is 15.9 Å².